The fourth-order valence-electron chi connectivity index (χ4n) is 2.63. The van der Waals surface area contributed by atoms with Crippen molar-refractivity contribution in [2.24, 2.45) is 0 Å². The average Bonchev–Trinajstić information content (AvgIpc) is 2.90. The highest BCUT2D eigenvalue weighted by atomic mass is 35.5. The van der Waals surface area contributed by atoms with E-state index in [2.05, 4.69) is 10.6 Å². The van der Waals surface area contributed by atoms with Crippen LogP contribution >= 0.6 is 23.2 Å². The summed E-state index contributed by atoms with van der Waals surface area (Å²) in [7, 11) is 0. The van der Waals surface area contributed by atoms with Crippen LogP contribution in [-0.4, -0.2) is 24.5 Å². The first-order valence-corrected chi connectivity index (χ1v) is 8.26. The highest BCUT2D eigenvalue weighted by Crippen LogP contribution is 2.26. The lowest BCUT2D eigenvalue weighted by Gasteiger charge is -2.17. The van der Waals surface area contributed by atoms with Crippen molar-refractivity contribution in [3.63, 3.8) is 0 Å². The zero-order valence-corrected chi connectivity index (χ0v) is 14.4. The molecule has 130 valence electrons. The molecule has 1 heterocycles. The van der Waals surface area contributed by atoms with E-state index in [1.165, 1.54) is 29.2 Å². The van der Waals surface area contributed by atoms with Gasteiger partial charge in [0.15, 0.2) is 0 Å². The summed E-state index contributed by atoms with van der Waals surface area (Å²) in [5.74, 6) is -0.600. The van der Waals surface area contributed by atoms with Crippen molar-refractivity contribution >= 4 is 46.5 Å². The van der Waals surface area contributed by atoms with Gasteiger partial charge in [-0.3, -0.25) is 4.79 Å². The number of nitrogens with one attached hydrogen (secondary N) is 2. The molecule has 1 atom stereocenters. The van der Waals surface area contributed by atoms with Gasteiger partial charge in [0.05, 0.1) is 16.8 Å². The number of hydrogen-bond donors (Lipinski definition) is 2. The predicted octanol–water partition coefficient (Wildman–Crippen LogP) is 4.06. The smallest absolute Gasteiger partial charge is 0.319 e. The van der Waals surface area contributed by atoms with Gasteiger partial charge >= 0.3 is 6.03 Å². The van der Waals surface area contributed by atoms with Gasteiger partial charge in [-0.25, -0.2) is 9.18 Å². The number of amides is 3. The van der Waals surface area contributed by atoms with Crippen molar-refractivity contribution in [3.8, 4) is 0 Å². The molecule has 0 radical (unpaired) electrons. The Morgan fingerprint density at radius 3 is 2.72 bits per heavy atom. The van der Waals surface area contributed by atoms with Gasteiger partial charge in [0.2, 0.25) is 5.91 Å². The number of hydrogen-bond acceptors (Lipinski definition) is 2. The number of nitrogens with zero attached hydrogens (tertiary/aromatic N) is 1. The summed E-state index contributed by atoms with van der Waals surface area (Å²) < 4.78 is 13.3. The molecule has 1 fully saturated rings. The second-order valence-corrected chi connectivity index (χ2v) is 6.45. The van der Waals surface area contributed by atoms with Crippen LogP contribution in [-0.2, 0) is 4.79 Å². The van der Waals surface area contributed by atoms with E-state index in [4.69, 9.17) is 23.2 Å². The molecule has 0 saturated carbocycles. The van der Waals surface area contributed by atoms with Gasteiger partial charge in [0.25, 0.3) is 0 Å². The Kier molecular flexibility index (Phi) is 5.11. The molecule has 0 bridgehead atoms. The van der Waals surface area contributed by atoms with E-state index in [-0.39, 0.29) is 24.9 Å². The minimum atomic E-state index is -0.483. The summed E-state index contributed by atoms with van der Waals surface area (Å²) in [6, 6.07) is 9.62. The molecule has 3 amide bonds. The highest BCUT2D eigenvalue weighted by Gasteiger charge is 2.31. The third-order valence-electron chi connectivity index (χ3n) is 3.76. The normalized spacial score (nSPS) is 16.8. The number of urea groups is 1. The number of carbonyl (C=O) groups is 2. The number of halogens is 3. The van der Waals surface area contributed by atoms with Crippen LogP contribution in [0.1, 0.15) is 6.42 Å². The Morgan fingerprint density at radius 2 is 2.00 bits per heavy atom. The van der Waals surface area contributed by atoms with Gasteiger partial charge < -0.3 is 15.5 Å². The number of anilines is 2. The van der Waals surface area contributed by atoms with Crippen LogP contribution in [0, 0.1) is 5.82 Å². The van der Waals surface area contributed by atoms with Crippen molar-refractivity contribution in [2.45, 2.75) is 12.5 Å². The third kappa shape index (κ3) is 4.21. The maximum atomic E-state index is 13.3. The van der Waals surface area contributed by atoms with Gasteiger partial charge in [0, 0.05) is 23.7 Å². The second kappa shape index (κ2) is 7.29. The standard InChI is InChI=1S/C17H14Cl2FN3O2/c18-10-4-5-15(14(19)6-10)22-17(25)21-12-8-16(24)23(9-12)13-3-1-2-11(20)7-13/h1-7,12H,8-9H2,(H2,21,22,25)/t12-/m1/s1. The van der Waals surface area contributed by atoms with E-state index in [1.807, 2.05) is 0 Å². The third-order valence-corrected chi connectivity index (χ3v) is 4.31. The largest absolute Gasteiger partial charge is 0.333 e. The van der Waals surface area contributed by atoms with E-state index in [1.54, 1.807) is 18.2 Å². The molecule has 0 spiro atoms. The van der Waals surface area contributed by atoms with Crippen LogP contribution in [0.15, 0.2) is 42.5 Å². The topological polar surface area (TPSA) is 61.4 Å². The van der Waals surface area contributed by atoms with Crippen molar-refractivity contribution in [3.05, 3.63) is 58.3 Å². The first-order valence-electron chi connectivity index (χ1n) is 7.51. The molecule has 5 nitrogen and oxygen atoms in total. The van der Waals surface area contributed by atoms with E-state index in [9.17, 15) is 14.0 Å². The van der Waals surface area contributed by atoms with Crippen LogP contribution in [0.2, 0.25) is 10.0 Å². The van der Waals surface area contributed by atoms with Crippen LogP contribution in [0.4, 0.5) is 20.6 Å². The SMILES string of the molecule is O=C(Nc1ccc(Cl)cc1Cl)N[C@@H]1CC(=O)N(c2cccc(F)c2)C1. The molecule has 2 aromatic rings. The van der Waals surface area contributed by atoms with Gasteiger partial charge in [-0.2, -0.15) is 0 Å². The van der Waals surface area contributed by atoms with Crippen molar-refractivity contribution in [1.29, 1.82) is 0 Å². The lowest BCUT2D eigenvalue weighted by atomic mass is 10.2. The molecule has 2 N–H and O–H groups in total. The second-order valence-electron chi connectivity index (χ2n) is 5.61. The zero-order chi connectivity index (χ0) is 18.0. The quantitative estimate of drug-likeness (QED) is 0.841. The molecule has 0 aromatic heterocycles. The summed E-state index contributed by atoms with van der Waals surface area (Å²) in [5, 5.41) is 6.10. The van der Waals surface area contributed by atoms with Crippen LogP contribution < -0.4 is 15.5 Å². The minimum Gasteiger partial charge on any atom is -0.333 e. The number of carbonyl (C=O) groups excluding carboxylic acids is 2. The maximum absolute atomic E-state index is 13.3. The van der Waals surface area contributed by atoms with Gasteiger partial charge in [0.1, 0.15) is 5.82 Å². The fraction of sp³-hybridized carbons (Fsp3) is 0.176. The Bertz CT molecular complexity index is 831. The molecule has 0 aliphatic carbocycles. The summed E-state index contributed by atoms with van der Waals surface area (Å²) in [4.78, 5) is 25.7. The van der Waals surface area contributed by atoms with Crippen molar-refractivity contribution in [2.75, 3.05) is 16.8 Å². The number of rotatable bonds is 3. The molecule has 25 heavy (non-hydrogen) atoms. The van der Waals surface area contributed by atoms with Gasteiger partial charge in [-0.15, -0.1) is 0 Å². The Balaban J connectivity index is 1.62. The zero-order valence-electron chi connectivity index (χ0n) is 12.9. The van der Waals surface area contributed by atoms with E-state index in [0.29, 0.717) is 21.4 Å². The predicted molar refractivity (Wildman–Crippen MR) is 95.8 cm³/mol. The van der Waals surface area contributed by atoms with E-state index >= 15 is 0 Å². The maximum Gasteiger partial charge on any atom is 0.319 e. The molecule has 1 aliphatic heterocycles. The van der Waals surface area contributed by atoms with E-state index in [0.717, 1.165) is 0 Å². The Labute approximate surface area is 153 Å². The summed E-state index contributed by atoms with van der Waals surface area (Å²) >= 11 is 11.8. The lowest BCUT2D eigenvalue weighted by Crippen LogP contribution is -2.39. The minimum absolute atomic E-state index is 0.137. The first kappa shape index (κ1) is 17.5. The molecule has 8 heteroatoms. The molecule has 2 aromatic carbocycles. The molecular formula is C17H14Cl2FN3O2. The van der Waals surface area contributed by atoms with Crippen LogP contribution in [0.5, 0.6) is 0 Å². The summed E-state index contributed by atoms with van der Waals surface area (Å²) in [5.41, 5.74) is 0.880. The molecule has 1 aliphatic rings. The molecule has 1 saturated heterocycles. The van der Waals surface area contributed by atoms with Crippen LogP contribution in [0.25, 0.3) is 0 Å². The first-order chi connectivity index (χ1) is 11.9. The Morgan fingerprint density at radius 1 is 1.20 bits per heavy atom. The van der Waals surface area contributed by atoms with E-state index < -0.39 is 11.8 Å². The van der Waals surface area contributed by atoms with Gasteiger partial charge in [-0.1, -0.05) is 29.3 Å². The molecule has 3 rings (SSSR count). The highest BCUT2D eigenvalue weighted by molar-refractivity contribution is 6.36. The fourth-order valence-corrected chi connectivity index (χ4v) is 3.09. The number of benzene rings is 2. The monoisotopic (exact) mass is 381 g/mol. The van der Waals surface area contributed by atoms with Crippen LogP contribution in [0.3, 0.4) is 0 Å². The summed E-state index contributed by atoms with van der Waals surface area (Å²) in [6.07, 6.45) is 0.137. The Hall–Kier alpha value is -2.31. The summed E-state index contributed by atoms with van der Waals surface area (Å²) in [6.45, 7) is 0.268. The molecule has 0 unspecified atom stereocenters. The van der Waals surface area contributed by atoms with Crippen molar-refractivity contribution in [1.82, 2.24) is 5.32 Å². The van der Waals surface area contributed by atoms with Crippen molar-refractivity contribution < 1.29 is 14.0 Å². The average molecular weight is 382 g/mol. The lowest BCUT2D eigenvalue weighted by molar-refractivity contribution is -0.117. The van der Waals surface area contributed by atoms with Gasteiger partial charge in [-0.05, 0) is 36.4 Å². The molecular weight excluding hydrogens is 368 g/mol.